The number of imidazole rings is 1. The third kappa shape index (κ3) is 9.65. The van der Waals surface area contributed by atoms with Crippen LogP contribution in [0, 0.1) is 6.19 Å². The zero-order valence-electron chi connectivity index (χ0n) is 30.2. The first-order chi connectivity index (χ1) is 23.1. The van der Waals surface area contributed by atoms with E-state index in [0.29, 0.717) is 23.5 Å². The molecule has 1 aromatic carbocycles. The quantitative estimate of drug-likeness (QED) is 0.0649. The molecule has 0 amide bonds. The Kier molecular flexibility index (Phi) is 13.0. The molecule has 49 heavy (non-hydrogen) atoms. The third-order valence-electron chi connectivity index (χ3n) is 8.23. The Morgan fingerprint density at radius 2 is 1.86 bits per heavy atom. The minimum absolute atomic E-state index is 0.0165. The van der Waals surface area contributed by atoms with Gasteiger partial charge in [0.15, 0.2) is 38.7 Å². The number of carbonyl (C=O) groups is 1. The van der Waals surface area contributed by atoms with E-state index in [2.05, 4.69) is 59.9 Å². The van der Waals surface area contributed by atoms with Crippen LogP contribution in [0.3, 0.4) is 0 Å². The van der Waals surface area contributed by atoms with Crippen LogP contribution in [-0.2, 0) is 27.7 Å². The highest BCUT2D eigenvalue weighted by atomic mass is 31.2. The van der Waals surface area contributed by atoms with Gasteiger partial charge in [-0.3, -0.25) is 13.6 Å². The molecule has 0 spiro atoms. The van der Waals surface area contributed by atoms with Crippen LogP contribution in [0.4, 0.5) is 5.82 Å². The molecule has 0 radical (unpaired) electrons. The Hall–Kier alpha value is -3.38. The van der Waals surface area contributed by atoms with Crippen molar-refractivity contribution in [1.29, 1.82) is 0 Å². The standard InChI is InChI=1S/C33H51N7O7PSi/c1-11-44-48(40(23(4)5)21-37-22(2)3)46-28-25(17-43-26(41)18-42-24-15-13-12-14-16-24)45-32(29(28)47-49(9,10)33(6,7)8)39-20-38-27-30(34)35-19-36-31(27)39/h12-16,19-20,22-23,25,28-29,32H,11,17-18H2,1-10H3,(H2,34,35,36)/q+1/t25-,28-,29-,32-,48?/m1/s1. The second kappa shape index (κ2) is 16.5. The lowest BCUT2D eigenvalue weighted by Crippen LogP contribution is -2.49. The van der Waals surface area contributed by atoms with E-state index in [0.717, 1.165) is 0 Å². The van der Waals surface area contributed by atoms with Gasteiger partial charge in [0.05, 0.1) is 12.9 Å². The van der Waals surface area contributed by atoms with E-state index < -0.39 is 47.4 Å². The van der Waals surface area contributed by atoms with Crippen molar-refractivity contribution in [2.45, 2.75) is 110 Å². The number of aromatic nitrogens is 4. The molecule has 2 N–H and O–H groups in total. The van der Waals surface area contributed by atoms with Gasteiger partial charge in [0.2, 0.25) is 0 Å². The molecule has 14 nitrogen and oxygen atoms in total. The zero-order chi connectivity index (χ0) is 35.9. The Morgan fingerprint density at radius 1 is 1.14 bits per heavy atom. The van der Waals surface area contributed by atoms with Crippen molar-refractivity contribution in [2.75, 3.05) is 25.6 Å². The SMILES string of the molecule is CCOP(O[C@H]1[C@@H](O[Si](C)(C)C(C)(C)C)[C@H](n2cnc3c(N)ncnc32)O[C@@H]1COC(=O)COc1ccccc1)N(C#[N+]C(C)C)C(C)C. The molecule has 268 valence electrons. The lowest BCUT2D eigenvalue weighted by Gasteiger charge is -2.40. The van der Waals surface area contributed by atoms with Crippen LogP contribution in [-0.4, -0.2) is 88.7 Å². The van der Waals surface area contributed by atoms with E-state index >= 15 is 0 Å². The molecular formula is C33H51N7O7PSi+. The van der Waals surface area contributed by atoms with E-state index in [4.69, 9.17) is 33.4 Å². The lowest BCUT2D eigenvalue weighted by atomic mass is 10.1. The Balaban J connectivity index is 1.75. The molecule has 2 aromatic heterocycles. The number of hydrogen-bond acceptors (Lipinski definition) is 12. The Bertz CT molecular complexity index is 1590. The van der Waals surface area contributed by atoms with Gasteiger partial charge in [-0.1, -0.05) is 39.0 Å². The number of para-hydroxylation sites is 1. The number of fused-ring (bicyclic) bond motifs is 1. The van der Waals surface area contributed by atoms with Crippen LogP contribution in [0.25, 0.3) is 16.0 Å². The molecule has 3 aromatic rings. The maximum absolute atomic E-state index is 12.9. The summed E-state index contributed by atoms with van der Waals surface area (Å²) in [6.45, 7) is 20.7. The lowest BCUT2D eigenvalue weighted by molar-refractivity contribution is -0.152. The summed E-state index contributed by atoms with van der Waals surface area (Å²) in [5, 5.41) is -0.155. The van der Waals surface area contributed by atoms with Gasteiger partial charge >= 0.3 is 20.7 Å². The molecule has 5 atom stereocenters. The summed E-state index contributed by atoms with van der Waals surface area (Å²) in [6, 6.07) is 9.03. The highest BCUT2D eigenvalue weighted by molar-refractivity contribution is 7.44. The van der Waals surface area contributed by atoms with Gasteiger partial charge in [-0.05, 0) is 64.9 Å². The van der Waals surface area contributed by atoms with E-state index in [9.17, 15) is 4.79 Å². The highest BCUT2D eigenvalue weighted by Crippen LogP contribution is 2.51. The Morgan fingerprint density at radius 3 is 2.49 bits per heavy atom. The summed E-state index contributed by atoms with van der Waals surface area (Å²) < 4.78 is 42.1. The van der Waals surface area contributed by atoms with Gasteiger partial charge in [0.25, 0.3) is 0 Å². The summed E-state index contributed by atoms with van der Waals surface area (Å²) in [4.78, 5) is 30.5. The first-order valence-electron chi connectivity index (χ1n) is 16.6. The molecule has 16 heteroatoms. The smallest absolute Gasteiger partial charge is 0.408 e. The molecule has 0 saturated carbocycles. The minimum atomic E-state index is -2.48. The van der Waals surface area contributed by atoms with E-state index in [1.54, 1.807) is 23.0 Å². The first kappa shape index (κ1) is 38.4. The number of rotatable bonds is 14. The molecule has 0 bridgehead atoms. The van der Waals surface area contributed by atoms with Gasteiger partial charge in [0.1, 0.15) is 48.6 Å². The number of nitrogen functional groups attached to an aromatic ring is 1. The number of anilines is 1. The third-order valence-corrected chi connectivity index (χ3v) is 14.5. The van der Waals surface area contributed by atoms with Crippen molar-refractivity contribution in [1.82, 2.24) is 24.2 Å². The topological polar surface area (TPSA) is 150 Å². The molecular weight excluding hydrogens is 665 g/mol. The maximum atomic E-state index is 12.9. The first-order valence-corrected chi connectivity index (χ1v) is 20.6. The van der Waals surface area contributed by atoms with Crippen LogP contribution >= 0.6 is 8.53 Å². The molecule has 4 rings (SSSR count). The fourth-order valence-electron chi connectivity index (χ4n) is 4.64. The summed E-state index contributed by atoms with van der Waals surface area (Å²) in [6.07, 6.45) is 3.12. The van der Waals surface area contributed by atoms with E-state index in [1.165, 1.54) is 6.33 Å². The van der Waals surface area contributed by atoms with Gasteiger partial charge in [-0.25, -0.2) is 19.7 Å². The van der Waals surface area contributed by atoms with Crippen molar-refractivity contribution in [2.24, 2.45) is 0 Å². The number of hydrogen-bond donors (Lipinski definition) is 1. The number of nitrogens with two attached hydrogens (primary N) is 1. The zero-order valence-corrected chi connectivity index (χ0v) is 32.1. The monoisotopic (exact) mass is 716 g/mol. The van der Waals surface area contributed by atoms with Gasteiger partial charge < -0.3 is 24.4 Å². The molecule has 3 heterocycles. The molecule has 1 aliphatic rings. The number of carbonyl (C=O) groups excluding carboxylic acids is 1. The van der Waals surface area contributed by atoms with Gasteiger partial charge in [-0.15, -0.1) is 4.67 Å². The van der Waals surface area contributed by atoms with Crippen molar-refractivity contribution in [3.05, 3.63) is 47.8 Å². The van der Waals surface area contributed by atoms with Crippen LogP contribution in [0.15, 0.2) is 43.0 Å². The van der Waals surface area contributed by atoms with Crippen LogP contribution in [0.5, 0.6) is 5.75 Å². The Labute approximate surface area is 291 Å². The summed E-state index contributed by atoms with van der Waals surface area (Å²) in [7, 11) is -4.24. The van der Waals surface area contributed by atoms with Crippen molar-refractivity contribution < 1.29 is 32.5 Å². The highest BCUT2D eigenvalue weighted by Gasteiger charge is 2.54. The largest absolute Gasteiger partial charge is 0.482 e. The van der Waals surface area contributed by atoms with Gasteiger partial charge in [-0.2, -0.15) is 4.85 Å². The number of esters is 1. The van der Waals surface area contributed by atoms with Crippen molar-refractivity contribution in [3.63, 3.8) is 0 Å². The number of nitrogens with zero attached hydrogens (tertiary/aromatic N) is 6. The van der Waals surface area contributed by atoms with Crippen LogP contribution in [0.1, 0.15) is 61.6 Å². The molecule has 1 unspecified atom stereocenters. The molecule has 1 fully saturated rings. The summed E-state index contributed by atoms with van der Waals surface area (Å²) in [5.41, 5.74) is 7.07. The number of benzene rings is 1. The second-order valence-corrected chi connectivity index (χ2v) is 19.9. The van der Waals surface area contributed by atoms with Gasteiger partial charge in [0, 0.05) is 0 Å². The maximum Gasteiger partial charge on any atom is 0.408 e. The molecule has 1 aliphatic heterocycles. The fourth-order valence-corrected chi connectivity index (χ4v) is 7.40. The second-order valence-electron chi connectivity index (χ2n) is 13.8. The van der Waals surface area contributed by atoms with Crippen molar-refractivity contribution in [3.8, 4) is 11.9 Å². The molecule has 1 saturated heterocycles. The predicted octanol–water partition coefficient (Wildman–Crippen LogP) is 6.38. The summed E-state index contributed by atoms with van der Waals surface area (Å²) >= 11 is 0. The average Bonchev–Trinajstić information content (AvgIpc) is 3.60. The van der Waals surface area contributed by atoms with E-state index in [1.807, 2.05) is 57.5 Å². The minimum Gasteiger partial charge on any atom is -0.482 e. The van der Waals surface area contributed by atoms with Crippen LogP contribution < -0.4 is 10.5 Å². The van der Waals surface area contributed by atoms with Crippen molar-refractivity contribution >= 4 is 39.8 Å². The predicted molar refractivity (Wildman–Crippen MR) is 191 cm³/mol. The average molecular weight is 717 g/mol. The molecule has 0 aliphatic carbocycles. The fraction of sp³-hybridized carbons (Fsp3) is 0.606. The normalized spacial score (nSPS) is 20.3. The summed E-state index contributed by atoms with van der Waals surface area (Å²) in [5.74, 6) is 0.246. The van der Waals surface area contributed by atoms with Crippen LogP contribution in [0.2, 0.25) is 18.1 Å². The number of ether oxygens (including phenoxy) is 3. The van der Waals surface area contributed by atoms with E-state index in [-0.39, 0.29) is 36.2 Å².